The number of amides is 2. The second kappa shape index (κ2) is 9.65. The van der Waals surface area contributed by atoms with Gasteiger partial charge in [0.1, 0.15) is 12.6 Å². The maximum Gasteiger partial charge on any atom is 0.272 e. The maximum absolute atomic E-state index is 12.4. The molecule has 0 bridgehead atoms. The van der Waals surface area contributed by atoms with Crippen molar-refractivity contribution in [2.45, 2.75) is 76.0 Å². The topological polar surface area (TPSA) is 78.9 Å². The largest absolute Gasteiger partial charge is 0.365 e. The van der Waals surface area contributed by atoms with Crippen LogP contribution in [0.25, 0.3) is 0 Å². The van der Waals surface area contributed by atoms with Crippen molar-refractivity contribution >= 4 is 11.8 Å². The molecule has 0 aromatic heterocycles. The Balaban J connectivity index is 1.13. The number of hydroxylamine groups is 2. The summed E-state index contributed by atoms with van der Waals surface area (Å²) in [6.45, 7) is 0.457. The van der Waals surface area contributed by atoms with Gasteiger partial charge in [-0.2, -0.15) is 0 Å². The number of rotatable bonds is 6. The summed E-state index contributed by atoms with van der Waals surface area (Å²) in [5.41, 5.74) is 5.58. The lowest BCUT2D eigenvalue weighted by atomic mass is 9.84. The van der Waals surface area contributed by atoms with E-state index in [1.165, 1.54) is 37.7 Å². The van der Waals surface area contributed by atoms with Crippen LogP contribution in [0.1, 0.15) is 78.3 Å². The fourth-order valence-corrected chi connectivity index (χ4v) is 5.52. The zero-order chi connectivity index (χ0) is 22.8. The molecule has 2 unspecified atom stereocenters. The lowest BCUT2D eigenvalue weighted by molar-refractivity contribution is -0.212. The number of ether oxygens (including phenoxy) is 1. The first-order valence-electron chi connectivity index (χ1n) is 12.2. The number of nitrogens with one attached hydrogen (secondary N) is 1. The summed E-state index contributed by atoms with van der Waals surface area (Å²) >= 11 is 0. The molecule has 2 atom stereocenters. The molecule has 1 heterocycles. The SMILES string of the molecule is O=C(CCc1ccc2c(c1)C1C(C2)OCC(=O)N1O)NCc1ccc(C2CCCCC2)cc1. The van der Waals surface area contributed by atoms with Gasteiger partial charge in [0, 0.05) is 19.4 Å². The quantitative estimate of drug-likeness (QED) is 0.650. The lowest BCUT2D eigenvalue weighted by Crippen LogP contribution is -2.45. The van der Waals surface area contributed by atoms with Crippen LogP contribution in [0.2, 0.25) is 0 Å². The Hall–Kier alpha value is -2.70. The van der Waals surface area contributed by atoms with Crippen LogP contribution < -0.4 is 5.32 Å². The zero-order valence-electron chi connectivity index (χ0n) is 19.0. The Morgan fingerprint density at radius 2 is 1.82 bits per heavy atom. The van der Waals surface area contributed by atoms with Gasteiger partial charge in [-0.15, -0.1) is 0 Å². The molecule has 2 aliphatic carbocycles. The number of aryl methyl sites for hydroxylation is 1. The number of hydrogen-bond acceptors (Lipinski definition) is 4. The molecule has 1 saturated carbocycles. The Morgan fingerprint density at radius 1 is 1.06 bits per heavy atom. The van der Waals surface area contributed by atoms with Crippen molar-refractivity contribution in [2.24, 2.45) is 0 Å². The molecule has 2 aromatic carbocycles. The predicted molar refractivity (Wildman–Crippen MR) is 124 cm³/mol. The molecule has 174 valence electrons. The van der Waals surface area contributed by atoms with E-state index in [4.69, 9.17) is 4.74 Å². The van der Waals surface area contributed by atoms with E-state index in [1.807, 2.05) is 18.2 Å². The molecule has 1 saturated heterocycles. The first kappa shape index (κ1) is 22.1. The van der Waals surface area contributed by atoms with Crippen LogP contribution in [0, 0.1) is 0 Å². The Morgan fingerprint density at radius 3 is 2.61 bits per heavy atom. The van der Waals surface area contributed by atoms with Crippen LogP contribution in [-0.2, 0) is 33.7 Å². The number of fused-ring (bicyclic) bond motifs is 3. The molecule has 6 heteroatoms. The minimum Gasteiger partial charge on any atom is -0.365 e. The Kier molecular flexibility index (Phi) is 6.47. The summed E-state index contributed by atoms with van der Waals surface area (Å²) in [6, 6.07) is 14.3. The van der Waals surface area contributed by atoms with Gasteiger partial charge in [-0.3, -0.25) is 14.8 Å². The Labute approximate surface area is 194 Å². The van der Waals surface area contributed by atoms with E-state index in [-0.39, 0.29) is 18.6 Å². The average Bonchev–Trinajstić information content (AvgIpc) is 3.23. The molecule has 0 spiro atoms. The fourth-order valence-electron chi connectivity index (χ4n) is 5.52. The molecular weight excluding hydrogens is 416 g/mol. The highest BCUT2D eigenvalue weighted by molar-refractivity contribution is 5.78. The van der Waals surface area contributed by atoms with Crippen molar-refractivity contribution in [3.8, 4) is 0 Å². The third kappa shape index (κ3) is 4.82. The van der Waals surface area contributed by atoms with E-state index in [0.717, 1.165) is 27.3 Å². The van der Waals surface area contributed by atoms with E-state index in [1.54, 1.807) is 0 Å². The van der Waals surface area contributed by atoms with Gasteiger partial charge in [-0.05, 0) is 53.0 Å². The number of benzene rings is 2. The number of hydrogen-bond donors (Lipinski definition) is 2. The number of carbonyl (C=O) groups is 2. The molecule has 1 aliphatic heterocycles. The summed E-state index contributed by atoms with van der Waals surface area (Å²) in [5, 5.41) is 14.1. The van der Waals surface area contributed by atoms with Gasteiger partial charge in [0.2, 0.25) is 5.91 Å². The zero-order valence-corrected chi connectivity index (χ0v) is 19.0. The van der Waals surface area contributed by atoms with E-state index < -0.39 is 11.9 Å². The predicted octanol–water partition coefficient (Wildman–Crippen LogP) is 4.20. The number of morpholine rings is 1. The minimum atomic E-state index is -0.452. The summed E-state index contributed by atoms with van der Waals surface area (Å²) in [5.74, 6) is 0.298. The van der Waals surface area contributed by atoms with Crippen LogP contribution in [0.5, 0.6) is 0 Å². The summed E-state index contributed by atoms with van der Waals surface area (Å²) in [4.78, 5) is 24.3. The number of carbonyl (C=O) groups excluding carboxylic acids is 2. The first-order chi connectivity index (χ1) is 16.1. The fraction of sp³-hybridized carbons (Fsp3) is 0.481. The highest BCUT2D eigenvalue weighted by Gasteiger charge is 2.43. The maximum atomic E-state index is 12.4. The van der Waals surface area contributed by atoms with Gasteiger partial charge < -0.3 is 10.1 Å². The van der Waals surface area contributed by atoms with Crippen LogP contribution in [0.3, 0.4) is 0 Å². The molecule has 2 N–H and O–H groups in total. The molecule has 0 radical (unpaired) electrons. The highest BCUT2D eigenvalue weighted by Crippen LogP contribution is 2.40. The Bertz CT molecular complexity index is 1010. The van der Waals surface area contributed by atoms with Crippen molar-refractivity contribution in [1.82, 2.24) is 10.4 Å². The molecule has 3 aliphatic rings. The normalized spacial score (nSPS) is 22.7. The third-order valence-electron chi connectivity index (χ3n) is 7.43. The third-order valence-corrected chi connectivity index (χ3v) is 7.43. The van der Waals surface area contributed by atoms with Gasteiger partial charge in [0.15, 0.2) is 0 Å². The molecule has 5 rings (SSSR count). The van der Waals surface area contributed by atoms with Gasteiger partial charge in [-0.1, -0.05) is 61.7 Å². The van der Waals surface area contributed by atoms with Crippen LogP contribution in [0.4, 0.5) is 0 Å². The molecular formula is C27H32N2O4. The molecule has 2 aromatic rings. The molecule has 2 amide bonds. The van der Waals surface area contributed by atoms with Crippen molar-refractivity contribution < 1.29 is 19.5 Å². The van der Waals surface area contributed by atoms with Crippen molar-refractivity contribution in [2.75, 3.05) is 6.61 Å². The number of nitrogens with zero attached hydrogens (tertiary/aromatic N) is 1. The minimum absolute atomic E-state index is 0.0182. The smallest absolute Gasteiger partial charge is 0.272 e. The summed E-state index contributed by atoms with van der Waals surface area (Å²) in [6.07, 6.45) is 8.09. The van der Waals surface area contributed by atoms with Crippen LogP contribution >= 0.6 is 0 Å². The van der Waals surface area contributed by atoms with Crippen LogP contribution in [-0.4, -0.2) is 34.8 Å². The van der Waals surface area contributed by atoms with E-state index in [9.17, 15) is 14.8 Å². The molecule has 6 nitrogen and oxygen atoms in total. The lowest BCUT2D eigenvalue weighted by Gasteiger charge is -2.33. The van der Waals surface area contributed by atoms with Crippen molar-refractivity contribution in [1.29, 1.82) is 0 Å². The molecule has 2 fully saturated rings. The van der Waals surface area contributed by atoms with E-state index in [0.29, 0.717) is 31.7 Å². The molecule has 33 heavy (non-hydrogen) atoms. The monoisotopic (exact) mass is 448 g/mol. The summed E-state index contributed by atoms with van der Waals surface area (Å²) in [7, 11) is 0. The second-order valence-corrected chi connectivity index (χ2v) is 9.62. The van der Waals surface area contributed by atoms with Gasteiger partial charge >= 0.3 is 0 Å². The van der Waals surface area contributed by atoms with Crippen molar-refractivity contribution in [3.63, 3.8) is 0 Å². The highest BCUT2D eigenvalue weighted by atomic mass is 16.6. The van der Waals surface area contributed by atoms with Gasteiger partial charge in [-0.25, -0.2) is 5.06 Å². The van der Waals surface area contributed by atoms with Crippen molar-refractivity contribution in [3.05, 3.63) is 70.3 Å². The van der Waals surface area contributed by atoms with E-state index in [2.05, 4.69) is 29.6 Å². The van der Waals surface area contributed by atoms with Crippen LogP contribution in [0.15, 0.2) is 42.5 Å². The van der Waals surface area contributed by atoms with E-state index >= 15 is 0 Å². The summed E-state index contributed by atoms with van der Waals surface area (Å²) < 4.78 is 5.61. The second-order valence-electron chi connectivity index (χ2n) is 9.62. The van der Waals surface area contributed by atoms with Gasteiger partial charge in [0.25, 0.3) is 5.91 Å². The van der Waals surface area contributed by atoms with Gasteiger partial charge in [0.05, 0.1) is 6.10 Å². The average molecular weight is 449 g/mol. The first-order valence-corrected chi connectivity index (χ1v) is 12.2. The standard InChI is InChI=1S/C27H32N2O4/c30-25(28-16-19-7-10-21(11-8-19)20-4-2-1-3-5-20)13-9-18-6-12-22-15-24-27(23(22)14-18)29(32)26(31)17-33-24/h6-8,10-12,14,20,24,27,32H,1-5,9,13,15-17H2,(H,28,30).